The quantitative estimate of drug-likeness (QED) is 0.768. The SMILES string of the molecule is Cc1cccc(C(C)C)c1NC(=O)NCCOc1cccc(F)c1. The molecule has 128 valence electrons. The normalized spacial score (nSPS) is 10.5. The summed E-state index contributed by atoms with van der Waals surface area (Å²) in [5, 5.41) is 5.64. The summed E-state index contributed by atoms with van der Waals surface area (Å²) in [6, 6.07) is 11.6. The standard InChI is InChI=1S/C19H23FN2O2/c1-13(2)17-9-4-6-14(3)18(17)22-19(23)21-10-11-24-16-8-5-7-15(20)12-16/h4-9,12-13H,10-11H2,1-3H3,(H2,21,22,23). The zero-order chi connectivity index (χ0) is 17.5. The number of nitrogens with one attached hydrogen (secondary N) is 2. The third-order valence-corrected chi connectivity index (χ3v) is 3.62. The Bertz CT molecular complexity index is 702. The molecule has 2 amide bonds. The summed E-state index contributed by atoms with van der Waals surface area (Å²) in [5.41, 5.74) is 2.96. The molecule has 0 heterocycles. The molecule has 2 rings (SSSR count). The Balaban J connectivity index is 1.84. The van der Waals surface area contributed by atoms with Crippen LogP contribution in [-0.4, -0.2) is 19.2 Å². The molecular formula is C19H23FN2O2. The van der Waals surface area contributed by atoms with Crippen LogP contribution in [0.4, 0.5) is 14.9 Å². The fraction of sp³-hybridized carbons (Fsp3) is 0.316. The van der Waals surface area contributed by atoms with Crippen LogP contribution in [0.2, 0.25) is 0 Å². The maximum atomic E-state index is 13.0. The highest BCUT2D eigenvalue weighted by atomic mass is 19.1. The summed E-state index contributed by atoms with van der Waals surface area (Å²) in [4.78, 5) is 12.1. The third-order valence-electron chi connectivity index (χ3n) is 3.62. The van der Waals surface area contributed by atoms with Gasteiger partial charge in [-0.2, -0.15) is 0 Å². The Morgan fingerprint density at radius 2 is 1.96 bits per heavy atom. The minimum Gasteiger partial charge on any atom is -0.492 e. The summed E-state index contributed by atoms with van der Waals surface area (Å²) in [7, 11) is 0. The Morgan fingerprint density at radius 3 is 2.67 bits per heavy atom. The van der Waals surface area contributed by atoms with Crippen molar-refractivity contribution in [3.05, 3.63) is 59.4 Å². The monoisotopic (exact) mass is 330 g/mol. The molecule has 2 aromatic carbocycles. The van der Waals surface area contributed by atoms with Gasteiger partial charge in [0.1, 0.15) is 18.2 Å². The summed E-state index contributed by atoms with van der Waals surface area (Å²) in [5.74, 6) is 0.411. The zero-order valence-corrected chi connectivity index (χ0v) is 14.2. The van der Waals surface area contributed by atoms with Gasteiger partial charge in [-0.3, -0.25) is 0 Å². The summed E-state index contributed by atoms with van der Waals surface area (Å²) in [6.45, 7) is 6.73. The maximum Gasteiger partial charge on any atom is 0.319 e. The molecule has 0 atom stereocenters. The Hall–Kier alpha value is -2.56. The van der Waals surface area contributed by atoms with E-state index in [2.05, 4.69) is 24.5 Å². The van der Waals surface area contributed by atoms with Gasteiger partial charge in [-0.25, -0.2) is 9.18 Å². The molecule has 0 fully saturated rings. The van der Waals surface area contributed by atoms with Gasteiger partial charge in [-0.15, -0.1) is 0 Å². The molecule has 5 heteroatoms. The van der Waals surface area contributed by atoms with Gasteiger partial charge in [0.05, 0.1) is 6.54 Å². The fourth-order valence-corrected chi connectivity index (χ4v) is 2.39. The molecule has 0 saturated carbocycles. The molecule has 2 aromatic rings. The van der Waals surface area contributed by atoms with Gasteiger partial charge >= 0.3 is 6.03 Å². The van der Waals surface area contributed by atoms with Crippen molar-refractivity contribution in [1.82, 2.24) is 5.32 Å². The first kappa shape index (κ1) is 17.8. The van der Waals surface area contributed by atoms with E-state index in [1.54, 1.807) is 12.1 Å². The number of para-hydroxylation sites is 1. The number of carbonyl (C=O) groups excluding carboxylic acids is 1. The van der Waals surface area contributed by atoms with E-state index in [-0.39, 0.29) is 18.5 Å². The third kappa shape index (κ3) is 4.98. The number of ether oxygens (including phenoxy) is 1. The smallest absolute Gasteiger partial charge is 0.319 e. The lowest BCUT2D eigenvalue weighted by Gasteiger charge is -2.17. The van der Waals surface area contributed by atoms with Crippen LogP contribution in [0.15, 0.2) is 42.5 Å². The molecule has 0 spiro atoms. The molecule has 0 aliphatic carbocycles. The minimum absolute atomic E-state index is 0.266. The molecule has 0 radical (unpaired) electrons. The highest BCUT2D eigenvalue weighted by molar-refractivity contribution is 5.91. The van der Waals surface area contributed by atoms with Crippen molar-refractivity contribution in [3.8, 4) is 5.75 Å². The second-order valence-corrected chi connectivity index (χ2v) is 5.88. The topological polar surface area (TPSA) is 50.4 Å². The average molecular weight is 330 g/mol. The highest BCUT2D eigenvalue weighted by Gasteiger charge is 2.11. The average Bonchev–Trinajstić information content (AvgIpc) is 2.53. The van der Waals surface area contributed by atoms with Crippen LogP contribution < -0.4 is 15.4 Å². The van der Waals surface area contributed by atoms with E-state index in [4.69, 9.17) is 4.74 Å². The number of aryl methyl sites for hydroxylation is 1. The molecular weight excluding hydrogens is 307 g/mol. The van der Waals surface area contributed by atoms with Gasteiger partial charge < -0.3 is 15.4 Å². The van der Waals surface area contributed by atoms with Gasteiger partial charge in [0.2, 0.25) is 0 Å². The van der Waals surface area contributed by atoms with E-state index in [1.165, 1.54) is 12.1 Å². The van der Waals surface area contributed by atoms with Crippen molar-refractivity contribution < 1.29 is 13.9 Å². The zero-order valence-electron chi connectivity index (χ0n) is 14.2. The second kappa shape index (κ2) is 8.34. The number of hydrogen-bond acceptors (Lipinski definition) is 2. The molecule has 0 unspecified atom stereocenters. The number of anilines is 1. The van der Waals surface area contributed by atoms with E-state index < -0.39 is 0 Å². The number of carbonyl (C=O) groups is 1. The van der Waals surface area contributed by atoms with Crippen LogP contribution in [0.25, 0.3) is 0 Å². The van der Waals surface area contributed by atoms with Crippen LogP contribution in [-0.2, 0) is 0 Å². The van der Waals surface area contributed by atoms with Gasteiger partial charge in [-0.1, -0.05) is 38.1 Å². The number of benzene rings is 2. The number of halogens is 1. The van der Waals surface area contributed by atoms with Crippen molar-refractivity contribution in [3.63, 3.8) is 0 Å². The minimum atomic E-state index is -0.348. The number of rotatable bonds is 6. The first-order valence-corrected chi connectivity index (χ1v) is 8.00. The van der Waals surface area contributed by atoms with Gasteiger partial charge in [-0.05, 0) is 36.1 Å². The summed E-state index contributed by atoms with van der Waals surface area (Å²) >= 11 is 0. The van der Waals surface area contributed by atoms with E-state index in [0.29, 0.717) is 18.2 Å². The van der Waals surface area contributed by atoms with Gasteiger partial charge in [0.15, 0.2) is 0 Å². The van der Waals surface area contributed by atoms with Crippen molar-refractivity contribution in [1.29, 1.82) is 0 Å². The van der Waals surface area contributed by atoms with Crippen LogP contribution in [0.5, 0.6) is 5.75 Å². The second-order valence-electron chi connectivity index (χ2n) is 5.88. The molecule has 24 heavy (non-hydrogen) atoms. The van der Waals surface area contributed by atoms with Gasteiger partial charge in [0.25, 0.3) is 0 Å². The van der Waals surface area contributed by atoms with Gasteiger partial charge in [0, 0.05) is 11.8 Å². The molecule has 0 aliphatic rings. The van der Waals surface area contributed by atoms with E-state index in [1.807, 2.05) is 25.1 Å². The summed E-state index contributed by atoms with van der Waals surface area (Å²) in [6.07, 6.45) is 0. The molecule has 4 nitrogen and oxygen atoms in total. The van der Waals surface area contributed by atoms with Crippen LogP contribution >= 0.6 is 0 Å². The molecule has 0 bridgehead atoms. The van der Waals surface area contributed by atoms with Crippen molar-refractivity contribution in [2.24, 2.45) is 0 Å². The lowest BCUT2D eigenvalue weighted by atomic mass is 9.98. The van der Waals surface area contributed by atoms with Crippen LogP contribution in [0, 0.1) is 12.7 Å². The number of urea groups is 1. The maximum absolute atomic E-state index is 13.0. The predicted molar refractivity (Wildman–Crippen MR) is 94.2 cm³/mol. The highest BCUT2D eigenvalue weighted by Crippen LogP contribution is 2.27. The number of hydrogen-bond donors (Lipinski definition) is 2. The first-order valence-electron chi connectivity index (χ1n) is 8.00. The number of amides is 2. The molecule has 0 aliphatic heterocycles. The molecule has 2 N–H and O–H groups in total. The lowest BCUT2D eigenvalue weighted by Crippen LogP contribution is -2.32. The molecule has 0 aromatic heterocycles. The Kier molecular flexibility index (Phi) is 6.18. The summed E-state index contributed by atoms with van der Waals surface area (Å²) < 4.78 is 18.4. The Morgan fingerprint density at radius 1 is 1.21 bits per heavy atom. The molecule has 0 saturated heterocycles. The predicted octanol–water partition coefficient (Wildman–Crippen LogP) is 4.46. The van der Waals surface area contributed by atoms with Crippen LogP contribution in [0.1, 0.15) is 30.9 Å². The van der Waals surface area contributed by atoms with E-state index in [9.17, 15) is 9.18 Å². The van der Waals surface area contributed by atoms with E-state index >= 15 is 0 Å². The fourth-order valence-electron chi connectivity index (χ4n) is 2.39. The Labute approximate surface area is 142 Å². The largest absolute Gasteiger partial charge is 0.492 e. The van der Waals surface area contributed by atoms with Crippen molar-refractivity contribution in [2.45, 2.75) is 26.7 Å². The van der Waals surface area contributed by atoms with Crippen molar-refractivity contribution >= 4 is 11.7 Å². The lowest BCUT2D eigenvalue weighted by molar-refractivity contribution is 0.247. The van der Waals surface area contributed by atoms with Crippen LogP contribution in [0.3, 0.4) is 0 Å². The van der Waals surface area contributed by atoms with Crippen molar-refractivity contribution in [2.75, 3.05) is 18.5 Å². The van der Waals surface area contributed by atoms with E-state index in [0.717, 1.165) is 16.8 Å². The first-order chi connectivity index (χ1) is 11.5.